The van der Waals surface area contributed by atoms with Gasteiger partial charge in [-0.15, -0.1) is 0 Å². The van der Waals surface area contributed by atoms with Gasteiger partial charge >= 0.3 is 0 Å². The van der Waals surface area contributed by atoms with E-state index in [0.717, 1.165) is 12.3 Å². The van der Waals surface area contributed by atoms with Gasteiger partial charge in [0.15, 0.2) is 0 Å². The quantitative estimate of drug-likeness (QED) is 0.628. The normalized spacial score (nSPS) is 12.9. The molecule has 1 rings (SSSR count). The van der Waals surface area contributed by atoms with Crippen LogP contribution in [-0.4, -0.2) is 12.6 Å². The van der Waals surface area contributed by atoms with Crippen LogP contribution < -0.4 is 10.1 Å². The fourth-order valence-electron chi connectivity index (χ4n) is 3.05. The Labute approximate surface area is 131 Å². The van der Waals surface area contributed by atoms with Crippen molar-refractivity contribution in [2.24, 2.45) is 5.92 Å². The largest absolute Gasteiger partial charge is 0.491 e. The van der Waals surface area contributed by atoms with E-state index in [4.69, 9.17) is 4.74 Å². The van der Waals surface area contributed by atoms with Crippen LogP contribution in [0.2, 0.25) is 0 Å². The zero-order chi connectivity index (χ0) is 15.7. The van der Waals surface area contributed by atoms with E-state index in [1.807, 2.05) is 0 Å². The zero-order valence-corrected chi connectivity index (χ0v) is 14.5. The average molecular weight is 291 g/mol. The molecule has 0 saturated carbocycles. The van der Waals surface area contributed by atoms with Gasteiger partial charge in [0.1, 0.15) is 5.75 Å². The highest BCUT2D eigenvalue weighted by Gasteiger charge is 2.21. The Hall–Kier alpha value is -1.02. The summed E-state index contributed by atoms with van der Waals surface area (Å²) < 4.78 is 5.86. The second-order valence-corrected chi connectivity index (χ2v) is 6.11. The standard InChI is InChI=1S/C19H33NO/c1-6-10-16(11-7-2)19(20-8-3)17-12-9-13-18(14-17)21-15(4)5/h9,12-16,19-20H,6-8,10-11H2,1-5H3. The molecule has 0 aliphatic carbocycles. The third kappa shape index (κ3) is 6.09. The molecule has 0 aliphatic heterocycles. The van der Waals surface area contributed by atoms with Crippen molar-refractivity contribution in [2.45, 2.75) is 72.4 Å². The maximum Gasteiger partial charge on any atom is 0.120 e. The highest BCUT2D eigenvalue weighted by atomic mass is 16.5. The van der Waals surface area contributed by atoms with Crippen LogP contribution >= 0.6 is 0 Å². The third-order valence-electron chi connectivity index (χ3n) is 3.80. The number of hydrogen-bond acceptors (Lipinski definition) is 2. The monoisotopic (exact) mass is 291 g/mol. The fraction of sp³-hybridized carbons (Fsp3) is 0.684. The van der Waals surface area contributed by atoms with Crippen LogP contribution in [-0.2, 0) is 0 Å². The predicted molar refractivity (Wildman–Crippen MR) is 91.9 cm³/mol. The maximum absolute atomic E-state index is 5.86. The molecule has 0 saturated heterocycles. The molecule has 0 amide bonds. The van der Waals surface area contributed by atoms with Gasteiger partial charge in [-0.2, -0.15) is 0 Å². The van der Waals surface area contributed by atoms with E-state index in [1.165, 1.54) is 31.2 Å². The number of benzene rings is 1. The zero-order valence-electron chi connectivity index (χ0n) is 14.5. The van der Waals surface area contributed by atoms with Crippen molar-refractivity contribution >= 4 is 0 Å². The third-order valence-corrected chi connectivity index (χ3v) is 3.80. The molecule has 21 heavy (non-hydrogen) atoms. The molecule has 1 N–H and O–H groups in total. The van der Waals surface area contributed by atoms with E-state index >= 15 is 0 Å². The lowest BCUT2D eigenvalue weighted by Crippen LogP contribution is -2.28. The molecule has 0 fully saturated rings. The molecule has 0 spiro atoms. The van der Waals surface area contributed by atoms with Crippen molar-refractivity contribution in [1.82, 2.24) is 5.32 Å². The van der Waals surface area contributed by atoms with Crippen LogP contribution in [0.15, 0.2) is 24.3 Å². The Kier molecular flexibility index (Phi) is 8.44. The van der Waals surface area contributed by atoms with E-state index in [1.54, 1.807) is 0 Å². The molecule has 0 aliphatic rings. The van der Waals surface area contributed by atoms with E-state index in [9.17, 15) is 0 Å². The molecule has 1 aromatic carbocycles. The first-order chi connectivity index (χ1) is 10.1. The molecule has 2 nitrogen and oxygen atoms in total. The summed E-state index contributed by atoms with van der Waals surface area (Å²) in [6.45, 7) is 11.9. The molecular formula is C19H33NO. The van der Waals surface area contributed by atoms with Gasteiger partial charge in [-0.3, -0.25) is 0 Å². The Morgan fingerprint density at radius 1 is 1.05 bits per heavy atom. The molecule has 120 valence electrons. The van der Waals surface area contributed by atoms with E-state index < -0.39 is 0 Å². The van der Waals surface area contributed by atoms with Crippen LogP contribution in [0.5, 0.6) is 5.75 Å². The van der Waals surface area contributed by atoms with Gasteiger partial charge in [-0.25, -0.2) is 0 Å². The summed E-state index contributed by atoms with van der Waals surface area (Å²) >= 11 is 0. The molecule has 1 atom stereocenters. The Morgan fingerprint density at radius 2 is 1.71 bits per heavy atom. The number of rotatable bonds is 10. The Morgan fingerprint density at radius 3 is 2.24 bits per heavy atom. The van der Waals surface area contributed by atoms with Gasteiger partial charge < -0.3 is 10.1 Å². The van der Waals surface area contributed by atoms with Gasteiger partial charge in [-0.1, -0.05) is 45.7 Å². The summed E-state index contributed by atoms with van der Waals surface area (Å²) in [5.74, 6) is 1.69. The second-order valence-electron chi connectivity index (χ2n) is 6.11. The van der Waals surface area contributed by atoms with Crippen molar-refractivity contribution in [3.63, 3.8) is 0 Å². The first-order valence-corrected chi connectivity index (χ1v) is 8.62. The molecule has 1 aromatic rings. The lowest BCUT2D eigenvalue weighted by molar-refractivity contribution is 0.241. The van der Waals surface area contributed by atoms with E-state index in [0.29, 0.717) is 12.0 Å². The van der Waals surface area contributed by atoms with Gasteiger partial charge in [0, 0.05) is 6.04 Å². The summed E-state index contributed by atoms with van der Waals surface area (Å²) in [6, 6.07) is 9.06. The number of nitrogens with one attached hydrogen (secondary N) is 1. The molecule has 0 heterocycles. The minimum atomic E-state index is 0.222. The van der Waals surface area contributed by atoms with Gasteiger partial charge in [0.2, 0.25) is 0 Å². The SMILES string of the molecule is CCCC(CCC)C(NCC)c1cccc(OC(C)C)c1. The second kappa shape index (κ2) is 9.83. The van der Waals surface area contributed by atoms with E-state index in [2.05, 4.69) is 64.2 Å². The van der Waals surface area contributed by atoms with Crippen LogP contribution in [0.1, 0.15) is 71.9 Å². The highest BCUT2D eigenvalue weighted by molar-refractivity contribution is 5.31. The molecule has 1 unspecified atom stereocenters. The number of hydrogen-bond donors (Lipinski definition) is 1. The molecule has 2 heteroatoms. The lowest BCUT2D eigenvalue weighted by Gasteiger charge is -2.28. The number of ether oxygens (including phenoxy) is 1. The summed E-state index contributed by atoms with van der Waals surface area (Å²) in [7, 11) is 0. The lowest BCUT2D eigenvalue weighted by atomic mass is 9.86. The maximum atomic E-state index is 5.86. The smallest absolute Gasteiger partial charge is 0.120 e. The Balaban J connectivity index is 2.96. The summed E-state index contributed by atoms with van der Waals surface area (Å²) in [4.78, 5) is 0. The first kappa shape index (κ1) is 18.0. The summed E-state index contributed by atoms with van der Waals surface area (Å²) in [5.41, 5.74) is 1.36. The molecular weight excluding hydrogens is 258 g/mol. The van der Waals surface area contributed by atoms with Gasteiger partial charge in [0.05, 0.1) is 6.10 Å². The van der Waals surface area contributed by atoms with E-state index in [-0.39, 0.29) is 6.10 Å². The summed E-state index contributed by atoms with van der Waals surface area (Å²) in [6.07, 6.45) is 5.27. The molecule has 0 aromatic heterocycles. The molecule has 0 radical (unpaired) electrons. The minimum absolute atomic E-state index is 0.222. The minimum Gasteiger partial charge on any atom is -0.491 e. The molecule has 0 bridgehead atoms. The van der Waals surface area contributed by atoms with Crippen molar-refractivity contribution in [3.05, 3.63) is 29.8 Å². The van der Waals surface area contributed by atoms with Crippen LogP contribution in [0.25, 0.3) is 0 Å². The van der Waals surface area contributed by atoms with Crippen molar-refractivity contribution in [3.8, 4) is 5.75 Å². The average Bonchev–Trinajstić information content (AvgIpc) is 2.44. The van der Waals surface area contributed by atoms with Gasteiger partial charge in [-0.05, 0) is 56.8 Å². The van der Waals surface area contributed by atoms with Crippen LogP contribution in [0.3, 0.4) is 0 Å². The fourth-order valence-corrected chi connectivity index (χ4v) is 3.05. The van der Waals surface area contributed by atoms with Crippen LogP contribution in [0, 0.1) is 5.92 Å². The van der Waals surface area contributed by atoms with Crippen molar-refractivity contribution in [2.75, 3.05) is 6.54 Å². The topological polar surface area (TPSA) is 21.3 Å². The van der Waals surface area contributed by atoms with Gasteiger partial charge in [0.25, 0.3) is 0 Å². The Bertz CT molecular complexity index is 383. The van der Waals surface area contributed by atoms with Crippen LogP contribution in [0.4, 0.5) is 0 Å². The highest BCUT2D eigenvalue weighted by Crippen LogP contribution is 2.31. The first-order valence-electron chi connectivity index (χ1n) is 8.62. The summed E-state index contributed by atoms with van der Waals surface area (Å²) in [5, 5.41) is 3.69. The van der Waals surface area contributed by atoms with Crippen molar-refractivity contribution in [1.29, 1.82) is 0 Å². The predicted octanol–water partition coefficient (Wildman–Crippen LogP) is 5.34. The van der Waals surface area contributed by atoms with Crippen molar-refractivity contribution < 1.29 is 4.74 Å².